The van der Waals surface area contributed by atoms with Crippen molar-refractivity contribution >= 4 is 18.3 Å². The van der Waals surface area contributed by atoms with Gasteiger partial charge in [-0.15, -0.1) is 12.4 Å². The van der Waals surface area contributed by atoms with Crippen LogP contribution >= 0.6 is 12.4 Å². The molecule has 1 N–H and O–H groups in total. The van der Waals surface area contributed by atoms with Crippen LogP contribution in [0.5, 0.6) is 0 Å². The third-order valence-electron chi connectivity index (χ3n) is 4.17. The lowest BCUT2D eigenvalue weighted by molar-refractivity contribution is 0.0780. The van der Waals surface area contributed by atoms with E-state index < -0.39 is 0 Å². The van der Waals surface area contributed by atoms with Gasteiger partial charge >= 0.3 is 0 Å². The van der Waals surface area contributed by atoms with Crippen molar-refractivity contribution in [3.63, 3.8) is 0 Å². The average Bonchev–Trinajstić information content (AvgIpc) is 2.92. The molecule has 0 aromatic heterocycles. The van der Waals surface area contributed by atoms with E-state index in [1.807, 2.05) is 4.90 Å². The minimum absolute atomic E-state index is 0. The van der Waals surface area contributed by atoms with Crippen molar-refractivity contribution in [3.8, 4) is 0 Å². The predicted octanol–water partition coefficient (Wildman–Crippen LogP) is 1.85. The van der Waals surface area contributed by atoms with E-state index in [4.69, 9.17) is 0 Å². The molecule has 2 fully saturated rings. The fourth-order valence-electron chi connectivity index (χ4n) is 3.03. The first-order valence-electron chi connectivity index (χ1n) is 6.42. The molecule has 2 saturated heterocycles. The fourth-order valence-corrected chi connectivity index (χ4v) is 3.03. The van der Waals surface area contributed by atoms with Crippen LogP contribution in [0, 0.1) is 24.6 Å². The molecule has 1 aromatic carbocycles. The van der Waals surface area contributed by atoms with Crippen LogP contribution in [0.25, 0.3) is 0 Å². The molecule has 2 aliphatic rings. The third-order valence-corrected chi connectivity index (χ3v) is 4.17. The van der Waals surface area contributed by atoms with Gasteiger partial charge in [0.2, 0.25) is 0 Å². The Hall–Kier alpha value is -1.13. The molecule has 2 aliphatic heterocycles. The Morgan fingerprint density at radius 3 is 2.58 bits per heavy atom. The molecular formula is C14H18ClFN2O. The largest absolute Gasteiger partial charge is 0.338 e. The van der Waals surface area contributed by atoms with Gasteiger partial charge in [0.05, 0.1) is 0 Å². The first-order valence-corrected chi connectivity index (χ1v) is 6.42. The number of carbonyl (C=O) groups is 1. The number of nitrogens with one attached hydrogen (secondary N) is 1. The van der Waals surface area contributed by atoms with Gasteiger partial charge in [-0.25, -0.2) is 4.39 Å². The molecule has 0 radical (unpaired) electrons. The van der Waals surface area contributed by atoms with Gasteiger partial charge in [0, 0.05) is 31.7 Å². The van der Waals surface area contributed by atoms with E-state index >= 15 is 0 Å². The molecule has 0 saturated carbocycles. The van der Waals surface area contributed by atoms with Crippen LogP contribution in [0.1, 0.15) is 15.9 Å². The van der Waals surface area contributed by atoms with Gasteiger partial charge in [-0.05, 0) is 36.5 Å². The first kappa shape index (κ1) is 14.3. The van der Waals surface area contributed by atoms with Crippen molar-refractivity contribution < 1.29 is 9.18 Å². The van der Waals surface area contributed by atoms with Crippen molar-refractivity contribution in [1.29, 1.82) is 0 Å². The van der Waals surface area contributed by atoms with Crippen LogP contribution in [-0.4, -0.2) is 37.0 Å². The van der Waals surface area contributed by atoms with E-state index in [1.54, 1.807) is 19.1 Å². The molecule has 19 heavy (non-hydrogen) atoms. The van der Waals surface area contributed by atoms with Crippen molar-refractivity contribution in [2.24, 2.45) is 11.8 Å². The van der Waals surface area contributed by atoms with E-state index in [1.165, 1.54) is 6.07 Å². The molecule has 2 atom stereocenters. The summed E-state index contributed by atoms with van der Waals surface area (Å²) < 4.78 is 13.5. The second-order valence-electron chi connectivity index (χ2n) is 5.30. The number of nitrogens with zero attached hydrogens (tertiary/aromatic N) is 1. The topological polar surface area (TPSA) is 32.3 Å². The summed E-state index contributed by atoms with van der Waals surface area (Å²) in [7, 11) is 0. The predicted molar refractivity (Wildman–Crippen MR) is 74.1 cm³/mol. The van der Waals surface area contributed by atoms with Gasteiger partial charge in [-0.2, -0.15) is 0 Å². The van der Waals surface area contributed by atoms with E-state index in [-0.39, 0.29) is 24.1 Å². The number of halogens is 2. The zero-order valence-corrected chi connectivity index (χ0v) is 11.7. The summed E-state index contributed by atoms with van der Waals surface area (Å²) in [6.07, 6.45) is 0. The van der Waals surface area contributed by atoms with E-state index in [9.17, 15) is 9.18 Å². The number of likely N-dealkylation sites (tertiary alicyclic amines) is 1. The highest BCUT2D eigenvalue weighted by molar-refractivity contribution is 5.95. The van der Waals surface area contributed by atoms with Gasteiger partial charge in [0.1, 0.15) is 5.82 Å². The molecular weight excluding hydrogens is 267 g/mol. The molecule has 1 aromatic rings. The number of hydrogen-bond donors (Lipinski definition) is 1. The highest BCUT2D eigenvalue weighted by Gasteiger charge is 2.38. The van der Waals surface area contributed by atoms with Crippen molar-refractivity contribution in [2.75, 3.05) is 26.2 Å². The lowest BCUT2D eigenvalue weighted by atomic mass is 10.0. The minimum atomic E-state index is -0.304. The van der Waals surface area contributed by atoms with Crippen LogP contribution < -0.4 is 5.32 Å². The summed E-state index contributed by atoms with van der Waals surface area (Å²) in [6, 6.07) is 4.72. The molecule has 3 rings (SSSR count). The number of rotatable bonds is 1. The standard InChI is InChI=1S/C14H17FN2O.ClH/c1-9-12(3-2-4-13(9)15)14(18)17-7-10-5-16-6-11(10)8-17;/h2-4,10-11,16H,5-8H2,1H3;1H. The van der Waals surface area contributed by atoms with Gasteiger partial charge in [-0.3, -0.25) is 4.79 Å². The molecule has 0 aliphatic carbocycles. The number of fused-ring (bicyclic) bond motifs is 1. The maximum absolute atomic E-state index is 13.5. The van der Waals surface area contributed by atoms with E-state index in [2.05, 4.69) is 5.32 Å². The Kier molecular flexibility index (Phi) is 4.11. The molecule has 2 heterocycles. The second-order valence-corrected chi connectivity index (χ2v) is 5.30. The molecule has 1 amide bonds. The Bertz CT molecular complexity index is 482. The molecule has 0 bridgehead atoms. The third kappa shape index (κ3) is 2.47. The van der Waals surface area contributed by atoms with Gasteiger partial charge in [0.25, 0.3) is 5.91 Å². The molecule has 0 spiro atoms. The molecule has 2 unspecified atom stereocenters. The lowest BCUT2D eigenvalue weighted by Gasteiger charge is -2.18. The molecule has 3 nitrogen and oxygen atoms in total. The van der Waals surface area contributed by atoms with Crippen LogP contribution in [0.4, 0.5) is 4.39 Å². The summed E-state index contributed by atoms with van der Waals surface area (Å²) in [4.78, 5) is 14.3. The van der Waals surface area contributed by atoms with E-state index in [0.29, 0.717) is 23.0 Å². The van der Waals surface area contributed by atoms with Crippen molar-refractivity contribution in [3.05, 3.63) is 35.1 Å². The SMILES string of the molecule is Cc1c(F)cccc1C(=O)N1CC2CNCC2C1.Cl. The molecule has 104 valence electrons. The summed E-state index contributed by atoms with van der Waals surface area (Å²) in [6.45, 7) is 5.26. The van der Waals surface area contributed by atoms with Crippen LogP contribution in [-0.2, 0) is 0 Å². The highest BCUT2D eigenvalue weighted by Crippen LogP contribution is 2.28. The van der Waals surface area contributed by atoms with Gasteiger partial charge in [0.15, 0.2) is 0 Å². The minimum Gasteiger partial charge on any atom is -0.338 e. The van der Waals surface area contributed by atoms with Crippen LogP contribution in [0.3, 0.4) is 0 Å². The maximum atomic E-state index is 13.5. The van der Waals surface area contributed by atoms with E-state index in [0.717, 1.165) is 26.2 Å². The van der Waals surface area contributed by atoms with Gasteiger partial charge in [-0.1, -0.05) is 6.07 Å². The zero-order valence-electron chi connectivity index (χ0n) is 10.9. The quantitative estimate of drug-likeness (QED) is 0.854. The Labute approximate surface area is 118 Å². The maximum Gasteiger partial charge on any atom is 0.254 e. The monoisotopic (exact) mass is 284 g/mol. The number of carbonyl (C=O) groups excluding carboxylic acids is 1. The number of hydrogen-bond acceptors (Lipinski definition) is 2. The van der Waals surface area contributed by atoms with Crippen molar-refractivity contribution in [1.82, 2.24) is 10.2 Å². The van der Waals surface area contributed by atoms with Crippen molar-refractivity contribution in [2.45, 2.75) is 6.92 Å². The highest BCUT2D eigenvalue weighted by atomic mass is 35.5. The summed E-state index contributed by atoms with van der Waals surface area (Å²) in [5.41, 5.74) is 0.959. The summed E-state index contributed by atoms with van der Waals surface area (Å²) >= 11 is 0. The first-order chi connectivity index (χ1) is 8.66. The number of amides is 1. The Morgan fingerprint density at radius 2 is 1.95 bits per heavy atom. The smallest absolute Gasteiger partial charge is 0.254 e. The summed E-state index contributed by atoms with van der Waals surface area (Å²) in [5.74, 6) is 0.814. The van der Waals surface area contributed by atoms with Crippen LogP contribution in [0.15, 0.2) is 18.2 Å². The average molecular weight is 285 g/mol. The number of benzene rings is 1. The van der Waals surface area contributed by atoms with Gasteiger partial charge < -0.3 is 10.2 Å². The Balaban J connectivity index is 0.00000133. The van der Waals surface area contributed by atoms with Crippen LogP contribution in [0.2, 0.25) is 0 Å². The Morgan fingerprint density at radius 1 is 1.32 bits per heavy atom. The molecule has 5 heteroatoms. The zero-order chi connectivity index (χ0) is 12.7. The lowest BCUT2D eigenvalue weighted by Crippen LogP contribution is -2.32. The second kappa shape index (κ2) is 5.47. The summed E-state index contributed by atoms with van der Waals surface area (Å²) in [5, 5.41) is 3.35. The fraction of sp³-hybridized carbons (Fsp3) is 0.500. The normalized spacial score (nSPS) is 25.1.